The largest absolute Gasteiger partial charge is 0.512 e. The normalized spacial score (nSPS) is 33.3. The lowest BCUT2D eigenvalue weighted by atomic mass is 9.59. The summed E-state index contributed by atoms with van der Waals surface area (Å²) in [5.41, 5.74) is -0.164. The van der Waals surface area contributed by atoms with Gasteiger partial charge in [-0.05, 0) is 19.3 Å². The number of ether oxygens (including phenoxy) is 1. The van der Waals surface area contributed by atoms with E-state index in [0.29, 0.717) is 24.8 Å². The van der Waals surface area contributed by atoms with Gasteiger partial charge in [0.1, 0.15) is 11.5 Å². The molecule has 1 saturated carbocycles. The number of esters is 1. The molecule has 0 amide bonds. The zero-order valence-electron chi connectivity index (χ0n) is 10.3. The van der Waals surface area contributed by atoms with E-state index in [4.69, 9.17) is 4.74 Å². The Bertz CT molecular complexity index is 396. The summed E-state index contributed by atoms with van der Waals surface area (Å²) < 4.78 is 4.72. The Morgan fingerprint density at radius 1 is 1.47 bits per heavy atom. The topological polar surface area (TPSA) is 63.6 Å². The molecule has 0 unspecified atom stereocenters. The first kappa shape index (κ1) is 12.1. The van der Waals surface area contributed by atoms with E-state index >= 15 is 0 Å². The van der Waals surface area contributed by atoms with Gasteiger partial charge in [0.25, 0.3) is 0 Å². The second kappa shape index (κ2) is 4.17. The molecule has 0 aromatic rings. The highest BCUT2D eigenvalue weighted by Gasteiger charge is 2.49. The lowest BCUT2D eigenvalue weighted by Gasteiger charge is -2.43. The van der Waals surface area contributed by atoms with Crippen LogP contribution in [0.3, 0.4) is 0 Å². The van der Waals surface area contributed by atoms with E-state index in [-0.39, 0.29) is 17.5 Å². The molecular formula is C13H18O4. The molecular weight excluding hydrogens is 220 g/mol. The molecule has 1 fully saturated rings. The Morgan fingerprint density at radius 3 is 2.82 bits per heavy atom. The standard InChI is InChI=1S/C13H18O4/c1-13-7-6-9(14)11(12(16)17-2)8(13)4-3-5-10(13)15/h8,14H,3-7H2,1-2H3/t8-,13+/m1/s1. The van der Waals surface area contributed by atoms with Crippen molar-refractivity contribution in [2.24, 2.45) is 11.3 Å². The van der Waals surface area contributed by atoms with Gasteiger partial charge in [-0.25, -0.2) is 4.79 Å². The van der Waals surface area contributed by atoms with Crippen LogP contribution in [0.15, 0.2) is 11.3 Å². The van der Waals surface area contributed by atoms with Crippen molar-refractivity contribution in [3.8, 4) is 0 Å². The van der Waals surface area contributed by atoms with E-state index in [1.165, 1.54) is 7.11 Å². The van der Waals surface area contributed by atoms with Gasteiger partial charge in [0.2, 0.25) is 0 Å². The van der Waals surface area contributed by atoms with Gasteiger partial charge in [0, 0.05) is 24.2 Å². The van der Waals surface area contributed by atoms with Crippen LogP contribution in [0.25, 0.3) is 0 Å². The van der Waals surface area contributed by atoms with Crippen molar-refractivity contribution in [1.29, 1.82) is 0 Å². The third-order valence-corrected chi connectivity index (χ3v) is 4.25. The van der Waals surface area contributed by atoms with E-state index in [0.717, 1.165) is 12.8 Å². The predicted molar refractivity (Wildman–Crippen MR) is 61.4 cm³/mol. The molecule has 0 radical (unpaired) electrons. The lowest BCUT2D eigenvalue weighted by molar-refractivity contribution is -0.141. The van der Waals surface area contributed by atoms with Crippen molar-refractivity contribution in [3.05, 3.63) is 11.3 Å². The van der Waals surface area contributed by atoms with E-state index in [9.17, 15) is 14.7 Å². The van der Waals surface area contributed by atoms with E-state index < -0.39 is 11.4 Å². The first-order valence-corrected chi connectivity index (χ1v) is 6.04. The summed E-state index contributed by atoms with van der Waals surface area (Å²) in [7, 11) is 1.30. The minimum absolute atomic E-state index is 0.106. The molecule has 2 rings (SSSR count). The van der Waals surface area contributed by atoms with Crippen LogP contribution >= 0.6 is 0 Å². The fraction of sp³-hybridized carbons (Fsp3) is 0.692. The number of ketones is 1. The Labute approximate surface area is 101 Å². The van der Waals surface area contributed by atoms with Gasteiger partial charge in [0.05, 0.1) is 12.7 Å². The smallest absolute Gasteiger partial charge is 0.337 e. The maximum atomic E-state index is 12.1. The third kappa shape index (κ3) is 1.75. The summed E-state index contributed by atoms with van der Waals surface area (Å²) in [6, 6.07) is 0. The first-order valence-electron chi connectivity index (χ1n) is 6.04. The van der Waals surface area contributed by atoms with Crippen molar-refractivity contribution < 1.29 is 19.4 Å². The molecule has 0 aliphatic heterocycles. The maximum Gasteiger partial charge on any atom is 0.337 e. The number of hydrogen-bond donors (Lipinski definition) is 1. The Balaban J connectivity index is 2.43. The van der Waals surface area contributed by atoms with Crippen molar-refractivity contribution >= 4 is 11.8 Å². The number of fused-ring (bicyclic) bond motifs is 1. The molecule has 0 spiro atoms. The van der Waals surface area contributed by atoms with Crippen LogP contribution in [0.5, 0.6) is 0 Å². The summed E-state index contributed by atoms with van der Waals surface area (Å²) in [4.78, 5) is 23.8. The average molecular weight is 238 g/mol. The number of carbonyl (C=O) groups excluding carboxylic acids is 2. The number of aliphatic hydroxyl groups excluding tert-OH is 1. The highest BCUT2D eigenvalue weighted by molar-refractivity contribution is 5.94. The average Bonchev–Trinajstić information content (AvgIpc) is 2.31. The van der Waals surface area contributed by atoms with Crippen LogP contribution in [-0.4, -0.2) is 24.0 Å². The Kier molecular flexibility index (Phi) is 2.98. The van der Waals surface area contributed by atoms with Crippen LogP contribution in [0.4, 0.5) is 0 Å². The molecule has 2 aliphatic carbocycles. The van der Waals surface area contributed by atoms with Crippen LogP contribution < -0.4 is 0 Å². The number of aliphatic hydroxyl groups is 1. The van der Waals surface area contributed by atoms with Gasteiger partial charge < -0.3 is 9.84 Å². The number of rotatable bonds is 1. The molecule has 17 heavy (non-hydrogen) atoms. The summed E-state index contributed by atoms with van der Waals surface area (Å²) in [6.07, 6.45) is 3.16. The van der Waals surface area contributed by atoms with Crippen molar-refractivity contribution in [2.75, 3.05) is 7.11 Å². The highest BCUT2D eigenvalue weighted by Crippen LogP contribution is 2.50. The molecule has 1 N–H and O–H groups in total. The van der Waals surface area contributed by atoms with E-state index in [2.05, 4.69) is 0 Å². The highest BCUT2D eigenvalue weighted by atomic mass is 16.5. The number of hydrogen-bond acceptors (Lipinski definition) is 4. The second-order valence-corrected chi connectivity index (χ2v) is 5.14. The Morgan fingerprint density at radius 2 is 2.18 bits per heavy atom. The van der Waals surface area contributed by atoms with Gasteiger partial charge in [-0.2, -0.15) is 0 Å². The monoisotopic (exact) mass is 238 g/mol. The zero-order chi connectivity index (χ0) is 12.6. The van der Waals surface area contributed by atoms with Gasteiger partial charge >= 0.3 is 5.97 Å². The summed E-state index contributed by atoms with van der Waals surface area (Å²) in [6.45, 7) is 1.91. The van der Waals surface area contributed by atoms with Gasteiger partial charge in [0.15, 0.2) is 0 Å². The summed E-state index contributed by atoms with van der Waals surface area (Å²) in [5.74, 6) is -0.352. The minimum Gasteiger partial charge on any atom is -0.512 e. The second-order valence-electron chi connectivity index (χ2n) is 5.14. The number of Topliss-reactive ketones (excluding diaryl/α,β-unsaturated/α-hetero) is 1. The molecule has 4 heteroatoms. The lowest BCUT2D eigenvalue weighted by Crippen LogP contribution is -2.44. The fourth-order valence-electron chi connectivity index (χ4n) is 3.13. The van der Waals surface area contributed by atoms with Crippen LogP contribution in [0.1, 0.15) is 39.0 Å². The predicted octanol–water partition coefficient (Wildman–Crippen LogP) is 2.14. The van der Waals surface area contributed by atoms with E-state index in [1.54, 1.807) is 0 Å². The van der Waals surface area contributed by atoms with E-state index in [1.807, 2.05) is 6.92 Å². The quantitative estimate of drug-likeness (QED) is 0.711. The maximum absolute atomic E-state index is 12.1. The zero-order valence-corrected chi connectivity index (χ0v) is 10.3. The van der Waals surface area contributed by atoms with Gasteiger partial charge in [-0.15, -0.1) is 0 Å². The molecule has 94 valence electrons. The van der Waals surface area contributed by atoms with Crippen molar-refractivity contribution in [2.45, 2.75) is 39.0 Å². The van der Waals surface area contributed by atoms with Gasteiger partial charge in [-0.1, -0.05) is 6.92 Å². The molecule has 2 aliphatic rings. The number of carbonyl (C=O) groups is 2. The molecule has 0 aromatic heterocycles. The summed E-state index contributed by atoms with van der Waals surface area (Å²) in [5, 5.41) is 9.88. The molecule has 4 nitrogen and oxygen atoms in total. The fourth-order valence-corrected chi connectivity index (χ4v) is 3.13. The van der Waals surface area contributed by atoms with Crippen LogP contribution in [-0.2, 0) is 14.3 Å². The Hall–Kier alpha value is -1.32. The SMILES string of the molecule is COC(=O)C1=C(O)CC[C@]2(C)C(=O)CCC[C@H]12. The third-order valence-electron chi connectivity index (χ3n) is 4.25. The summed E-state index contributed by atoms with van der Waals surface area (Å²) >= 11 is 0. The number of methoxy groups -OCH3 is 1. The number of allylic oxidation sites excluding steroid dienone is 1. The minimum atomic E-state index is -0.492. The molecule has 0 aromatic carbocycles. The van der Waals surface area contributed by atoms with Gasteiger partial charge in [-0.3, -0.25) is 4.79 Å². The molecule has 0 heterocycles. The molecule has 0 saturated heterocycles. The molecule has 2 atom stereocenters. The first-order chi connectivity index (χ1) is 8.00. The molecule has 0 bridgehead atoms. The van der Waals surface area contributed by atoms with Crippen molar-refractivity contribution in [3.63, 3.8) is 0 Å². The van der Waals surface area contributed by atoms with Crippen LogP contribution in [0, 0.1) is 11.3 Å². The van der Waals surface area contributed by atoms with Crippen LogP contribution in [0.2, 0.25) is 0 Å². The van der Waals surface area contributed by atoms with Crippen molar-refractivity contribution in [1.82, 2.24) is 0 Å².